The van der Waals surface area contributed by atoms with Crippen LogP contribution in [0.15, 0.2) is 40.2 Å². The van der Waals surface area contributed by atoms with Gasteiger partial charge in [-0.15, -0.1) is 0 Å². The number of oxime groups is 1. The van der Waals surface area contributed by atoms with Crippen LogP contribution in [0.25, 0.3) is 0 Å². The van der Waals surface area contributed by atoms with Crippen molar-refractivity contribution in [2.75, 3.05) is 0 Å². The first-order valence-electron chi connectivity index (χ1n) is 5.05. The van der Waals surface area contributed by atoms with Crippen LogP contribution in [0, 0.1) is 5.82 Å². The lowest BCUT2D eigenvalue weighted by Gasteiger charge is -2.08. The Kier molecular flexibility index (Phi) is 3.61. The van der Waals surface area contributed by atoms with Crippen molar-refractivity contribution in [3.8, 4) is 0 Å². The summed E-state index contributed by atoms with van der Waals surface area (Å²) in [6, 6.07) is 4.42. The highest BCUT2D eigenvalue weighted by Crippen LogP contribution is 2.19. The lowest BCUT2D eigenvalue weighted by molar-refractivity contribution is 0.318. The number of rotatable bonds is 3. The van der Waals surface area contributed by atoms with Gasteiger partial charge in [0.1, 0.15) is 5.82 Å². The van der Waals surface area contributed by atoms with Crippen LogP contribution in [-0.4, -0.2) is 20.6 Å². The minimum atomic E-state index is -0.312. The minimum Gasteiger partial charge on any atom is -0.409 e. The van der Waals surface area contributed by atoms with Crippen LogP contribution in [0.5, 0.6) is 0 Å². The fourth-order valence-corrected chi connectivity index (χ4v) is 2.02. The summed E-state index contributed by atoms with van der Waals surface area (Å²) in [5.74, 6) is -0.0279. The maximum Gasteiger partial charge on any atom is 0.206 e. The summed E-state index contributed by atoms with van der Waals surface area (Å²) in [7, 11) is 0. The zero-order valence-corrected chi connectivity index (χ0v) is 10.8. The highest BCUT2D eigenvalue weighted by molar-refractivity contribution is 9.10. The van der Waals surface area contributed by atoms with Crippen molar-refractivity contribution in [2.24, 2.45) is 10.9 Å². The fourth-order valence-electron chi connectivity index (χ4n) is 1.55. The molecule has 0 aliphatic heterocycles. The van der Waals surface area contributed by atoms with E-state index in [0.717, 1.165) is 5.56 Å². The highest BCUT2D eigenvalue weighted by atomic mass is 79.9. The number of hydrogen-bond acceptors (Lipinski definition) is 3. The molecule has 0 atom stereocenters. The summed E-state index contributed by atoms with van der Waals surface area (Å²) in [6.45, 7) is 0.437. The van der Waals surface area contributed by atoms with Gasteiger partial charge in [-0.3, -0.25) is 0 Å². The van der Waals surface area contributed by atoms with Crippen molar-refractivity contribution in [2.45, 2.75) is 6.54 Å². The van der Waals surface area contributed by atoms with Crippen molar-refractivity contribution >= 4 is 21.8 Å². The van der Waals surface area contributed by atoms with Gasteiger partial charge in [-0.1, -0.05) is 27.2 Å². The first-order chi connectivity index (χ1) is 8.61. The van der Waals surface area contributed by atoms with E-state index in [1.165, 1.54) is 12.1 Å². The van der Waals surface area contributed by atoms with Gasteiger partial charge in [-0.25, -0.2) is 9.37 Å². The van der Waals surface area contributed by atoms with E-state index in [9.17, 15) is 4.39 Å². The third-order valence-electron chi connectivity index (χ3n) is 2.41. The van der Waals surface area contributed by atoms with Crippen LogP contribution in [0.1, 0.15) is 11.4 Å². The van der Waals surface area contributed by atoms with E-state index >= 15 is 0 Å². The molecule has 0 bridgehead atoms. The molecule has 2 aromatic rings. The van der Waals surface area contributed by atoms with Gasteiger partial charge in [0.05, 0.1) is 6.54 Å². The number of aromatic nitrogens is 2. The first kappa shape index (κ1) is 12.6. The molecule has 0 radical (unpaired) electrons. The van der Waals surface area contributed by atoms with E-state index in [2.05, 4.69) is 26.1 Å². The van der Waals surface area contributed by atoms with Gasteiger partial charge in [0, 0.05) is 16.9 Å². The molecule has 0 amide bonds. The van der Waals surface area contributed by atoms with Crippen LogP contribution in [0.2, 0.25) is 0 Å². The molecule has 0 saturated carbocycles. The molecule has 1 aromatic carbocycles. The minimum absolute atomic E-state index is 0.0711. The number of halogens is 2. The molecule has 1 aromatic heterocycles. The van der Waals surface area contributed by atoms with E-state index in [1.54, 1.807) is 23.0 Å². The molecule has 0 fully saturated rings. The Hall–Kier alpha value is -1.89. The van der Waals surface area contributed by atoms with Crippen molar-refractivity contribution in [3.63, 3.8) is 0 Å². The van der Waals surface area contributed by atoms with Crippen LogP contribution in [0.4, 0.5) is 4.39 Å². The van der Waals surface area contributed by atoms with Gasteiger partial charge in [-0.2, -0.15) is 0 Å². The second kappa shape index (κ2) is 5.18. The van der Waals surface area contributed by atoms with Gasteiger partial charge in [-0.05, 0) is 17.7 Å². The number of benzene rings is 1. The molecule has 0 saturated heterocycles. The number of amidine groups is 1. The number of nitrogens with zero attached hydrogens (tertiary/aromatic N) is 3. The Labute approximate surface area is 111 Å². The Morgan fingerprint density at radius 3 is 3.00 bits per heavy atom. The molecule has 3 N–H and O–H groups in total. The summed E-state index contributed by atoms with van der Waals surface area (Å²) >= 11 is 3.29. The van der Waals surface area contributed by atoms with Crippen molar-refractivity contribution in [1.82, 2.24) is 9.55 Å². The molecule has 0 unspecified atom stereocenters. The molecule has 18 heavy (non-hydrogen) atoms. The Balaban J connectivity index is 2.32. The molecule has 0 spiro atoms. The third kappa shape index (κ3) is 2.51. The van der Waals surface area contributed by atoms with Gasteiger partial charge in [0.2, 0.25) is 5.84 Å². The average molecular weight is 313 g/mol. The second-order valence-corrected chi connectivity index (χ2v) is 4.45. The predicted octanol–water partition coefficient (Wildman–Crippen LogP) is 1.93. The molecule has 0 aliphatic rings. The van der Waals surface area contributed by atoms with Crippen molar-refractivity contribution < 1.29 is 9.60 Å². The maximum absolute atomic E-state index is 13.0. The van der Waals surface area contributed by atoms with Gasteiger partial charge >= 0.3 is 0 Å². The third-order valence-corrected chi connectivity index (χ3v) is 3.15. The average Bonchev–Trinajstić information content (AvgIpc) is 2.80. The molecule has 94 valence electrons. The maximum atomic E-state index is 13.0. The standard InChI is InChI=1S/C11H10BrFN4O/c12-9-5-8(13)2-1-7(9)6-17-4-3-15-11(17)10(14)16-18/h1-5,18H,6H2,(H2,14,16). The van der Waals surface area contributed by atoms with Crippen molar-refractivity contribution in [3.05, 3.63) is 52.3 Å². The van der Waals surface area contributed by atoms with E-state index in [1.807, 2.05) is 0 Å². The van der Waals surface area contributed by atoms with Crippen LogP contribution < -0.4 is 5.73 Å². The summed E-state index contributed by atoms with van der Waals surface area (Å²) in [5, 5.41) is 11.5. The molecule has 0 aliphatic carbocycles. The molecular formula is C11H10BrFN4O. The summed E-state index contributed by atoms with van der Waals surface area (Å²) in [5.41, 5.74) is 6.36. The normalized spacial score (nSPS) is 11.8. The number of nitrogens with two attached hydrogens (primary N) is 1. The molecule has 5 nitrogen and oxygen atoms in total. The van der Waals surface area contributed by atoms with Crippen LogP contribution in [-0.2, 0) is 6.54 Å². The van der Waals surface area contributed by atoms with E-state index in [0.29, 0.717) is 16.8 Å². The Bertz CT molecular complexity index is 596. The molecule has 7 heteroatoms. The number of imidazole rings is 1. The van der Waals surface area contributed by atoms with Gasteiger partial charge in [0.15, 0.2) is 5.82 Å². The summed E-state index contributed by atoms with van der Waals surface area (Å²) < 4.78 is 15.3. The van der Waals surface area contributed by atoms with Crippen LogP contribution in [0.3, 0.4) is 0 Å². The molecular weight excluding hydrogens is 303 g/mol. The summed E-state index contributed by atoms with van der Waals surface area (Å²) in [4.78, 5) is 3.99. The van der Waals surface area contributed by atoms with E-state index < -0.39 is 0 Å². The smallest absolute Gasteiger partial charge is 0.206 e. The molecule has 2 rings (SSSR count). The highest BCUT2D eigenvalue weighted by Gasteiger charge is 2.09. The topological polar surface area (TPSA) is 76.4 Å². The quantitative estimate of drug-likeness (QED) is 0.393. The SMILES string of the molecule is NC(=NO)c1nccn1Cc1ccc(F)cc1Br. The fraction of sp³-hybridized carbons (Fsp3) is 0.0909. The lowest BCUT2D eigenvalue weighted by atomic mass is 10.2. The van der Waals surface area contributed by atoms with E-state index in [4.69, 9.17) is 10.9 Å². The Morgan fingerprint density at radius 2 is 2.33 bits per heavy atom. The van der Waals surface area contributed by atoms with E-state index in [-0.39, 0.29) is 11.7 Å². The van der Waals surface area contributed by atoms with Gasteiger partial charge < -0.3 is 15.5 Å². The predicted molar refractivity (Wildman–Crippen MR) is 67.9 cm³/mol. The lowest BCUT2D eigenvalue weighted by Crippen LogP contribution is -2.20. The largest absolute Gasteiger partial charge is 0.409 e. The first-order valence-corrected chi connectivity index (χ1v) is 5.84. The Morgan fingerprint density at radius 1 is 1.56 bits per heavy atom. The van der Waals surface area contributed by atoms with Crippen LogP contribution >= 0.6 is 15.9 Å². The van der Waals surface area contributed by atoms with Crippen molar-refractivity contribution in [1.29, 1.82) is 0 Å². The number of hydrogen-bond donors (Lipinski definition) is 2. The summed E-state index contributed by atoms with van der Waals surface area (Å²) in [6.07, 6.45) is 3.24. The second-order valence-electron chi connectivity index (χ2n) is 3.60. The van der Waals surface area contributed by atoms with Gasteiger partial charge in [0.25, 0.3) is 0 Å². The molecule has 1 heterocycles. The zero-order chi connectivity index (χ0) is 13.1. The monoisotopic (exact) mass is 312 g/mol. The zero-order valence-electron chi connectivity index (χ0n) is 9.22.